The lowest BCUT2D eigenvalue weighted by atomic mass is 9.88. The van der Waals surface area contributed by atoms with Gasteiger partial charge in [0.1, 0.15) is 5.75 Å². The zero-order valence-electron chi connectivity index (χ0n) is 19.7. The van der Waals surface area contributed by atoms with E-state index < -0.39 is 0 Å². The fourth-order valence-corrected chi connectivity index (χ4v) is 5.51. The number of aliphatic hydroxyl groups excluding tert-OH is 1. The number of fused-ring (bicyclic) bond motifs is 1. The van der Waals surface area contributed by atoms with Crippen molar-refractivity contribution >= 4 is 16.8 Å². The van der Waals surface area contributed by atoms with Gasteiger partial charge in [-0.05, 0) is 61.9 Å². The SMILES string of the molecule is C=CC(=O)C1CC[C@H](c2[nH]c3nnc(-c4ccccc4O)cc3c2CC2CCCO2)C[C@@H](CO)N1. The number of benzene rings is 1. The molecule has 184 valence electrons. The van der Waals surface area contributed by atoms with Crippen molar-refractivity contribution in [3.63, 3.8) is 0 Å². The number of phenolic OH excluding ortho intramolecular Hbond substituents is 1. The first-order valence-electron chi connectivity index (χ1n) is 12.4. The Hall–Kier alpha value is -3.07. The molecule has 1 aromatic carbocycles. The third-order valence-electron chi connectivity index (χ3n) is 7.32. The van der Waals surface area contributed by atoms with Crippen LogP contribution in [-0.4, -0.2) is 62.6 Å². The van der Waals surface area contributed by atoms with Crippen molar-refractivity contribution in [2.45, 2.75) is 62.6 Å². The lowest BCUT2D eigenvalue weighted by Gasteiger charge is -2.21. The molecule has 2 fully saturated rings. The number of aromatic amines is 1. The molecular weight excluding hydrogens is 444 g/mol. The summed E-state index contributed by atoms with van der Waals surface area (Å²) < 4.78 is 5.98. The highest BCUT2D eigenvalue weighted by atomic mass is 16.5. The van der Waals surface area contributed by atoms with Gasteiger partial charge < -0.3 is 25.3 Å². The average molecular weight is 477 g/mol. The van der Waals surface area contributed by atoms with E-state index in [1.54, 1.807) is 12.1 Å². The van der Waals surface area contributed by atoms with Gasteiger partial charge >= 0.3 is 0 Å². The van der Waals surface area contributed by atoms with Gasteiger partial charge in [0.05, 0.1) is 24.4 Å². The summed E-state index contributed by atoms with van der Waals surface area (Å²) in [6.07, 6.45) is 6.46. The van der Waals surface area contributed by atoms with Crippen molar-refractivity contribution in [3.8, 4) is 17.0 Å². The van der Waals surface area contributed by atoms with Gasteiger partial charge in [-0.2, -0.15) is 0 Å². The number of ether oxygens (including phenoxy) is 1. The van der Waals surface area contributed by atoms with Crippen LogP contribution in [0.4, 0.5) is 0 Å². The Bertz CT molecular complexity index is 1220. The number of aliphatic hydroxyl groups is 1. The molecule has 0 spiro atoms. The Balaban J connectivity index is 1.56. The zero-order chi connectivity index (χ0) is 24.4. The van der Waals surface area contributed by atoms with E-state index >= 15 is 0 Å². The quantitative estimate of drug-likeness (QED) is 0.386. The number of aromatic nitrogens is 3. The minimum absolute atomic E-state index is 0.0431. The normalized spacial score (nSPS) is 24.9. The second-order valence-corrected chi connectivity index (χ2v) is 9.58. The summed E-state index contributed by atoms with van der Waals surface area (Å²) in [7, 11) is 0. The summed E-state index contributed by atoms with van der Waals surface area (Å²) >= 11 is 0. The fourth-order valence-electron chi connectivity index (χ4n) is 5.51. The Labute approximate surface area is 204 Å². The summed E-state index contributed by atoms with van der Waals surface area (Å²) in [5.74, 6) is 0.232. The molecule has 4 atom stereocenters. The number of nitrogens with zero attached hydrogens (tertiary/aromatic N) is 2. The van der Waals surface area contributed by atoms with Crippen LogP contribution in [0.25, 0.3) is 22.3 Å². The molecule has 2 aliphatic heterocycles. The Morgan fingerprint density at radius 3 is 2.83 bits per heavy atom. The van der Waals surface area contributed by atoms with Crippen LogP contribution in [0, 0.1) is 0 Å². The van der Waals surface area contributed by atoms with Crippen LogP contribution in [0.1, 0.15) is 49.3 Å². The highest BCUT2D eigenvalue weighted by molar-refractivity contribution is 5.93. The smallest absolute Gasteiger partial charge is 0.171 e. The summed E-state index contributed by atoms with van der Waals surface area (Å²) in [5.41, 5.74) is 4.17. The third-order valence-corrected chi connectivity index (χ3v) is 7.32. The molecule has 0 amide bonds. The largest absolute Gasteiger partial charge is 0.507 e. The second-order valence-electron chi connectivity index (χ2n) is 9.58. The van der Waals surface area contributed by atoms with E-state index in [-0.39, 0.29) is 42.2 Å². The molecule has 0 bridgehead atoms. The maximum atomic E-state index is 12.3. The van der Waals surface area contributed by atoms with Gasteiger partial charge in [-0.1, -0.05) is 18.7 Å². The number of aromatic hydroxyl groups is 1. The number of hydrogen-bond acceptors (Lipinski definition) is 7. The summed E-state index contributed by atoms with van der Waals surface area (Å²) in [4.78, 5) is 15.9. The highest BCUT2D eigenvalue weighted by Crippen LogP contribution is 2.38. The monoisotopic (exact) mass is 476 g/mol. The van der Waals surface area contributed by atoms with E-state index in [0.29, 0.717) is 29.7 Å². The number of ketones is 1. The molecule has 8 heteroatoms. The summed E-state index contributed by atoms with van der Waals surface area (Å²) in [5, 5.41) is 33.5. The van der Waals surface area contributed by atoms with Crippen LogP contribution in [0.15, 0.2) is 43.0 Å². The fraction of sp³-hybridized carbons (Fsp3) is 0.444. The lowest BCUT2D eigenvalue weighted by molar-refractivity contribution is -0.116. The van der Waals surface area contributed by atoms with Crippen molar-refractivity contribution in [2.75, 3.05) is 13.2 Å². The molecule has 0 saturated carbocycles. The van der Waals surface area contributed by atoms with Gasteiger partial charge in [-0.25, -0.2) is 0 Å². The van der Waals surface area contributed by atoms with Crippen molar-refractivity contribution in [1.29, 1.82) is 0 Å². The Morgan fingerprint density at radius 1 is 1.23 bits per heavy atom. The van der Waals surface area contributed by atoms with Crippen molar-refractivity contribution < 1.29 is 19.7 Å². The van der Waals surface area contributed by atoms with E-state index in [2.05, 4.69) is 27.1 Å². The van der Waals surface area contributed by atoms with Crippen LogP contribution in [-0.2, 0) is 16.0 Å². The van der Waals surface area contributed by atoms with E-state index in [9.17, 15) is 15.0 Å². The average Bonchev–Trinajstić information content (AvgIpc) is 3.46. The summed E-state index contributed by atoms with van der Waals surface area (Å²) in [6.45, 7) is 4.36. The molecule has 5 rings (SSSR count). The minimum Gasteiger partial charge on any atom is -0.507 e. The van der Waals surface area contributed by atoms with E-state index in [1.165, 1.54) is 6.08 Å². The van der Waals surface area contributed by atoms with Gasteiger partial charge in [0.25, 0.3) is 0 Å². The van der Waals surface area contributed by atoms with E-state index in [0.717, 1.165) is 48.9 Å². The number of rotatable bonds is 7. The molecule has 0 aliphatic carbocycles. The van der Waals surface area contributed by atoms with Gasteiger partial charge in [0.15, 0.2) is 11.4 Å². The van der Waals surface area contributed by atoms with Crippen molar-refractivity contribution in [1.82, 2.24) is 20.5 Å². The molecule has 2 aromatic heterocycles. The van der Waals surface area contributed by atoms with Crippen molar-refractivity contribution in [3.05, 3.63) is 54.2 Å². The Kier molecular flexibility index (Phi) is 6.95. The maximum Gasteiger partial charge on any atom is 0.171 e. The number of H-pyrrole nitrogens is 1. The molecule has 2 saturated heterocycles. The van der Waals surface area contributed by atoms with Gasteiger partial charge in [0.2, 0.25) is 0 Å². The molecule has 4 heterocycles. The van der Waals surface area contributed by atoms with Crippen LogP contribution >= 0.6 is 0 Å². The molecule has 0 radical (unpaired) electrons. The van der Waals surface area contributed by atoms with Crippen LogP contribution in [0.3, 0.4) is 0 Å². The van der Waals surface area contributed by atoms with E-state index in [1.807, 2.05) is 18.2 Å². The zero-order valence-corrected chi connectivity index (χ0v) is 19.7. The predicted molar refractivity (Wildman–Crippen MR) is 133 cm³/mol. The van der Waals surface area contributed by atoms with Gasteiger partial charge in [-0.3, -0.25) is 4.79 Å². The standard InChI is InChI=1S/C27H32N4O4/c1-2-24(33)22-10-9-16(12-17(15-32)28-22)26-20(13-18-6-5-11-35-18)21-14-23(30-31-27(21)29-26)19-7-3-4-8-25(19)34/h2-4,7-8,14,16-18,22,28,32,34H,1,5-6,9-13,15H2,(H,29,31)/t16-,17-,18?,22?/m0/s1. The highest BCUT2D eigenvalue weighted by Gasteiger charge is 2.32. The van der Waals surface area contributed by atoms with Gasteiger partial charge in [-0.15, -0.1) is 10.2 Å². The van der Waals surface area contributed by atoms with E-state index in [4.69, 9.17) is 4.74 Å². The number of nitrogens with one attached hydrogen (secondary N) is 2. The molecule has 2 aliphatic rings. The number of carbonyl (C=O) groups excluding carboxylic acids is 1. The first kappa shape index (κ1) is 23.7. The molecule has 4 N–H and O–H groups in total. The lowest BCUT2D eigenvalue weighted by Crippen LogP contribution is -2.43. The first-order valence-corrected chi connectivity index (χ1v) is 12.4. The molecule has 2 unspecified atom stereocenters. The number of carbonyl (C=O) groups is 1. The van der Waals surface area contributed by atoms with Crippen LogP contribution < -0.4 is 5.32 Å². The molecule has 8 nitrogen and oxygen atoms in total. The molecular formula is C27H32N4O4. The maximum absolute atomic E-state index is 12.3. The number of hydrogen-bond donors (Lipinski definition) is 4. The number of phenols is 1. The van der Waals surface area contributed by atoms with Crippen LogP contribution in [0.2, 0.25) is 0 Å². The summed E-state index contributed by atoms with van der Waals surface area (Å²) in [6, 6.07) is 8.58. The minimum atomic E-state index is -0.340. The third kappa shape index (κ3) is 4.87. The topological polar surface area (TPSA) is 120 Å². The predicted octanol–water partition coefficient (Wildman–Crippen LogP) is 3.39. The second kappa shape index (κ2) is 10.3. The van der Waals surface area contributed by atoms with Gasteiger partial charge in [0, 0.05) is 41.6 Å². The first-order chi connectivity index (χ1) is 17.1. The Morgan fingerprint density at radius 2 is 2.09 bits per heavy atom. The molecule has 35 heavy (non-hydrogen) atoms. The van der Waals surface area contributed by atoms with Crippen LogP contribution in [0.5, 0.6) is 5.75 Å². The van der Waals surface area contributed by atoms with Crippen molar-refractivity contribution in [2.24, 2.45) is 0 Å². The molecule has 3 aromatic rings. The number of para-hydroxylation sites is 1.